The molecule has 0 atom stereocenters. The molecule has 1 N–H and O–H groups in total. The van der Waals surface area contributed by atoms with Gasteiger partial charge in [0.05, 0.1) is 13.7 Å². The van der Waals surface area contributed by atoms with Crippen molar-refractivity contribution in [2.24, 2.45) is 0 Å². The van der Waals surface area contributed by atoms with E-state index >= 15 is 0 Å². The fourth-order valence-corrected chi connectivity index (χ4v) is 2.04. The summed E-state index contributed by atoms with van der Waals surface area (Å²) in [5, 5.41) is 9.53. The largest absolute Gasteiger partial charge is 0.508 e. The lowest BCUT2D eigenvalue weighted by atomic mass is 10.00. The van der Waals surface area contributed by atoms with Gasteiger partial charge in [-0.1, -0.05) is 18.2 Å². The first kappa shape index (κ1) is 13.4. The Morgan fingerprint density at radius 1 is 0.947 bits per heavy atom. The molecule has 0 aliphatic carbocycles. The molecule has 0 bridgehead atoms. The molecule has 0 fully saturated rings. The average molecular weight is 258 g/mol. The number of methoxy groups -OCH3 is 2. The van der Waals surface area contributed by atoms with Gasteiger partial charge in [0.25, 0.3) is 0 Å². The van der Waals surface area contributed by atoms with Crippen molar-refractivity contribution < 1.29 is 14.6 Å². The fraction of sp³-hybridized carbons (Fsp3) is 0.250. The summed E-state index contributed by atoms with van der Waals surface area (Å²) in [6, 6.07) is 13.4. The Kier molecular flexibility index (Phi) is 4.42. The molecule has 0 radical (unpaired) electrons. The maximum Gasteiger partial charge on any atom is 0.118 e. The Hall–Kier alpha value is -2.00. The van der Waals surface area contributed by atoms with Crippen LogP contribution < -0.4 is 4.74 Å². The molecule has 0 saturated carbocycles. The number of phenols is 1. The number of phenolic OH excluding ortho intramolecular Hbond substituents is 1. The van der Waals surface area contributed by atoms with Crippen LogP contribution in [0.3, 0.4) is 0 Å². The first-order chi connectivity index (χ1) is 9.22. The van der Waals surface area contributed by atoms with E-state index in [9.17, 15) is 5.11 Å². The third kappa shape index (κ3) is 3.48. The number of ether oxygens (including phenoxy) is 2. The Labute approximate surface area is 113 Å². The van der Waals surface area contributed by atoms with Crippen molar-refractivity contribution in [3.05, 3.63) is 59.2 Å². The highest BCUT2D eigenvalue weighted by Crippen LogP contribution is 2.21. The molecule has 2 rings (SSSR count). The number of benzene rings is 2. The minimum absolute atomic E-state index is 0.269. The second kappa shape index (κ2) is 6.25. The van der Waals surface area contributed by atoms with E-state index < -0.39 is 0 Å². The minimum Gasteiger partial charge on any atom is -0.508 e. The Balaban J connectivity index is 2.21. The van der Waals surface area contributed by atoms with Crippen molar-refractivity contribution in [3.8, 4) is 11.5 Å². The molecule has 3 nitrogen and oxygen atoms in total. The van der Waals surface area contributed by atoms with E-state index in [2.05, 4.69) is 0 Å². The van der Waals surface area contributed by atoms with Crippen molar-refractivity contribution >= 4 is 0 Å². The standard InChI is InChI=1S/C16H18O3/c1-18-11-14-10-15(17)6-5-13(14)9-12-3-7-16(19-2)8-4-12/h3-8,10,17H,9,11H2,1-2H3. The number of rotatable bonds is 5. The molecule has 2 aromatic carbocycles. The zero-order chi connectivity index (χ0) is 13.7. The van der Waals surface area contributed by atoms with Gasteiger partial charge in [-0.25, -0.2) is 0 Å². The van der Waals surface area contributed by atoms with Crippen LogP contribution in [0.5, 0.6) is 11.5 Å². The van der Waals surface area contributed by atoms with Crippen molar-refractivity contribution in [1.82, 2.24) is 0 Å². The second-order valence-corrected chi connectivity index (χ2v) is 4.41. The predicted molar refractivity (Wildman–Crippen MR) is 74.6 cm³/mol. The predicted octanol–water partition coefficient (Wildman–Crippen LogP) is 3.14. The highest BCUT2D eigenvalue weighted by atomic mass is 16.5. The van der Waals surface area contributed by atoms with Crippen molar-refractivity contribution in [2.45, 2.75) is 13.0 Å². The number of aromatic hydroxyl groups is 1. The summed E-state index contributed by atoms with van der Waals surface area (Å²) in [4.78, 5) is 0. The molecular formula is C16H18O3. The van der Waals surface area contributed by atoms with Crippen LogP contribution in [0.1, 0.15) is 16.7 Å². The minimum atomic E-state index is 0.269. The first-order valence-corrected chi connectivity index (χ1v) is 6.15. The van der Waals surface area contributed by atoms with E-state index in [0.29, 0.717) is 6.61 Å². The summed E-state index contributed by atoms with van der Waals surface area (Å²) in [6.45, 7) is 0.500. The van der Waals surface area contributed by atoms with Crippen LogP contribution in [-0.4, -0.2) is 19.3 Å². The van der Waals surface area contributed by atoms with Crippen LogP contribution in [-0.2, 0) is 17.8 Å². The lowest BCUT2D eigenvalue weighted by Crippen LogP contribution is -1.97. The molecule has 100 valence electrons. The van der Waals surface area contributed by atoms with Crippen LogP contribution >= 0.6 is 0 Å². The van der Waals surface area contributed by atoms with Crippen molar-refractivity contribution in [3.63, 3.8) is 0 Å². The normalized spacial score (nSPS) is 10.4. The number of hydrogen-bond donors (Lipinski definition) is 1. The van der Waals surface area contributed by atoms with Crippen molar-refractivity contribution in [1.29, 1.82) is 0 Å². The van der Waals surface area contributed by atoms with E-state index in [-0.39, 0.29) is 5.75 Å². The van der Waals surface area contributed by atoms with Crippen LogP contribution in [0, 0.1) is 0 Å². The van der Waals surface area contributed by atoms with Gasteiger partial charge in [0.1, 0.15) is 11.5 Å². The van der Waals surface area contributed by atoms with Crippen LogP contribution in [0.4, 0.5) is 0 Å². The molecular weight excluding hydrogens is 240 g/mol. The summed E-state index contributed by atoms with van der Waals surface area (Å²) < 4.78 is 10.3. The zero-order valence-corrected chi connectivity index (χ0v) is 11.2. The molecule has 0 heterocycles. The maximum absolute atomic E-state index is 9.53. The van der Waals surface area contributed by atoms with E-state index in [0.717, 1.165) is 23.3 Å². The smallest absolute Gasteiger partial charge is 0.118 e. The third-order valence-electron chi connectivity index (χ3n) is 3.04. The topological polar surface area (TPSA) is 38.7 Å². The second-order valence-electron chi connectivity index (χ2n) is 4.41. The average Bonchev–Trinajstić information content (AvgIpc) is 2.43. The van der Waals surface area contributed by atoms with Gasteiger partial charge in [-0.05, 0) is 47.4 Å². The van der Waals surface area contributed by atoms with Gasteiger partial charge in [-0.2, -0.15) is 0 Å². The van der Waals surface area contributed by atoms with Gasteiger partial charge in [0.15, 0.2) is 0 Å². The van der Waals surface area contributed by atoms with Crippen LogP contribution in [0.15, 0.2) is 42.5 Å². The van der Waals surface area contributed by atoms with E-state index in [4.69, 9.17) is 9.47 Å². The monoisotopic (exact) mass is 258 g/mol. The Morgan fingerprint density at radius 2 is 1.68 bits per heavy atom. The van der Waals surface area contributed by atoms with Gasteiger partial charge < -0.3 is 14.6 Å². The molecule has 0 aromatic heterocycles. The third-order valence-corrected chi connectivity index (χ3v) is 3.04. The fourth-order valence-electron chi connectivity index (χ4n) is 2.04. The van der Waals surface area contributed by atoms with Crippen molar-refractivity contribution in [2.75, 3.05) is 14.2 Å². The van der Waals surface area contributed by atoms with Gasteiger partial charge >= 0.3 is 0 Å². The highest BCUT2D eigenvalue weighted by molar-refractivity contribution is 5.38. The van der Waals surface area contributed by atoms with Gasteiger partial charge in [0.2, 0.25) is 0 Å². The van der Waals surface area contributed by atoms with Gasteiger partial charge in [-0.15, -0.1) is 0 Å². The molecule has 19 heavy (non-hydrogen) atoms. The Bertz CT molecular complexity index is 532. The van der Waals surface area contributed by atoms with E-state index in [1.807, 2.05) is 30.3 Å². The van der Waals surface area contributed by atoms with Crippen LogP contribution in [0.2, 0.25) is 0 Å². The summed E-state index contributed by atoms with van der Waals surface area (Å²) in [5.41, 5.74) is 3.37. The quantitative estimate of drug-likeness (QED) is 0.895. The first-order valence-electron chi connectivity index (χ1n) is 6.15. The van der Waals surface area contributed by atoms with E-state index in [1.54, 1.807) is 26.4 Å². The van der Waals surface area contributed by atoms with Crippen LogP contribution in [0.25, 0.3) is 0 Å². The lowest BCUT2D eigenvalue weighted by molar-refractivity contribution is 0.184. The zero-order valence-electron chi connectivity index (χ0n) is 11.2. The molecule has 3 heteroatoms. The lowest BCUT2D eigenvalue weighted by Gasteiger charge is -2.10. The van der Waals surface area contributed by atoms with Gasteiger partial charge in [-0.3, -0.25) is 0 Å². The molecule has 0 aliphatic rings. The molecule has 0 amide bonds. The molecule has 2 aromatic rings. The molecule has 0 saturated heterocycles. The maximum atomic E-state index is 9.53. The summed E-state index contributed by atoms with van der Waals surface area (Å²) in [5.74, 6) is 1.12. The van der Waals surface area contributed by atoms with Gasteiger partial charge in [0, 0.05) is 7.11 Å². The Morgan fingerprint density at radius 3 is 2.32 bits per heavy atom. The summed E-state index contributed by atoms with van der Waals surface area (Å²) in [7, 11) is 3.31. The molecule has 0 unspecified atom stereocenters. The number of hydrogen-bond acceptors (Lipinski definition) is 3. The highest BCUT2D eigenvalue weighted by Gasteiger charge is 2.05. The summed E-state index contributed by atoms with van der Waals surface area (Å²) >= 11 is 0. The molecule has 0 spiro atoms. The molecule has 0 aliphatic heterocycles. The van der Waals surface area contributed by atoms with E-state index in [1.165, 1.54) is 5.56 Å². The SMILES string of the molecule is COCc1cc(O)ccc1Cc1ccc(OC)cc1. The summed E-state index contributed by atoms with van der Waals surface area (Å²) in [6.07, 6.45) is 0.808.